The minimum absolute atomic E-state index is 0.279. The fourth-order valence-corrected chi connectivity index (χ4v) is 1.81. The molecule has 0 fully saturated rings. The molecule has 0 aliphatic carbocycles. The lowest BCUT2D eigenvalue weighted by Gasteiger charge is -2.14. The van der Waals surface area contributed by atoms with Gasteiger partial charge in [0.25, 0.3) is 0 Å². The van der Waals surface area contributed by atoms with E-state index in [0.717, 1.165) is 5.69 Å². The summed E-state index contributed by atoms with van der Waals surface area (Å²) in [5.74, 6) is -0.279. The molecule has 3 N–H and O–H groups in total. The van der Waals surface area contributed by atoms with Gasteiger partial charge in [-0.1, -0.05) is 18.2 Å². The summed E-state index contributed by atoms with van der Waals surface area (Å²) in [7, 11) is 1.81. The predicted molar refractivity (Wildman–Crippen MR) is 83.1 cm³/mol. The zero-order chi connectivity index (χ0) is 15.9. The molecule has 7 heteroatoms. The van der Waals surface area contributed by atoms with Crippen molar-refractivity contribution in [2.24, 2.45) is 7.05 Å². The van der Waals surface area contributed by atoms with Crippen LogP contribution in [0.15, 0.2) is 42.6 Å². The average Bonchev–Trinajstić information content (AvgIpc) is 2.92. The van der Waals surface area contributed by atoms with Gasteiger partial charge in [-0.2, -0.15) is 5.10 Å². The molecular formula is C15H19N5O2. The van der Waals surface area contributed by atoms with Crippen LogP contribution in [0.4, 0.5) is 10.5 Å². The zero-order valence-corrected chi connectivity index (χ0v) is 12.5. The fourth-order valence-electron chi connectivity index (χ4n) is 1.81. The molecule has 0 aliphatic rings. The Morgan fingerprint density at radius 3 is 2.59 bits per heavy atom. The third kappa shape index (κ3) is 4.62. The van der Waals surface area contributed by atoms with E-state index in [0.29, 0.717) is 12.2 Å². The molecule has 1 unspecified atom stereocenters. The van der Waals surface area contributed by atoms with E-state index in [1.165, 1.54) is 0 Å². The molecule has 22 heavy (non-hydrogen) atoms. The Bertz CT molecular complexity index is 638. The summed E-state index contributed by atoms with van der Waals surface area (Å²) < 4.78 is 1.66. The lowest BCUT2D eigenvalue weighted by Crippen LogP contribution is -2.46. The second kappa shape index (κ2) is 7.26. The number of carbonyl (C=O) groups is 2. The minimum Gasteiger partial charge on any atom is -0.332 e. The van der Waals surface area contributed by atoms with E-state index in [-0.39, 0.29) is 5.91 Å². The molecule has 3 amide bonds. The number of benzene rings is 1. The predicted octanol–water partition coefficient (Wildman–Crippen LogP) is 1.25. The summed E-state index contributed by atoms with van der Waals surface area (Å²) in [6.07, 6.45) is 1.80. The van der Waals surface area contributed by atoms with Crippen molar-refractivity contribution >= 4 is 17.6 Å². The molecule has 2 aromatic rings. The molecule has 116 valence electrons. The number of para-hydroxylation sites is 1. The van der Waals surface area contributed by atoms with Crippen molar-refractivity contribution in [3.8, 4) is 0 Å². The monoisotopic (exact) mass is 301 g/mol. The van der Waals surface area contributed by atoms with Crippen LogP contribution in [-0.2, 0) is 18.4 Å². The maximum absolute atomic E-state index is 12.0. The zero-order valence-electron chi connectivity index (χ0n) is 12.5. The first-order chi connectivity index (χ1) is 10.5. The van der Waals surface area contributed by atoms with Gasteiger partial charge in [0.2, 0.25) is 5.91 Å². The van der Waals surface area contributed by atoms with E-state index in [2.05, 4.69) is 21.0 Å². The van der Waals surface area contributed by atoms with Crippen LogP contribution in [0.25, 0.3) is 0 Å². The van der Waals surface area contributed by atoms with Gasteiger partial charge in [-0.05, 0) is 25.1 Å². The van der Waals surface area contributed by atoms with Gasteiger partial charge in [-0.3, -0.25) is 9.48 Å². The van der Waals surface area contributed by atoms with Crippen molar-refractivity contribution in [1.82, 2.24) is 20.4 Å². The van der Waals surface area contributed by atoms with Crippen LogP contribution in [0.5, 0.6) is 0 Å². The Balaban J connectivity index is 1.76. The molecule has 0 saturated heterocycles. The number of aryl methyl sites for hydroxylation is 1. The molecule has 0 spiro atoms. The van der Waals surface area contributed by atoms with Crippen molar-refractivity contribution in [2.75, 3.05) is 5.32 Å². The van der Waals surface area contributed by atoms with Crippen LogP contribution in [0.2, 0.25) is 0 Å². The van der Waals surface area contributed by atoms with E-state index in [4.69, 9.17) is 0 Å². The average molecular weight is 301 g/mol. The van der Waals surface area contributed by atoms with Crippen LogP contribution >= 0.6 is 0 Å². The normalized spacial score (nSPS) is 11.5. The number of aromatic nitrogens is 2. The Morgan fingerprint density at radius 1 is 1.23 bits per heavy atom. The fraction of sp³-hybridized carbons (Fsp3) is 0.267. The van der Waals surface area contributed by atoms with E-state index in [1.807, 2.05) is 24.3 Å². The Labute approximate surface area is 128 Å². The first-order valence-electron chi connectivity index (χ1n) is 6.93. The number of hydrogen-bond acceptors (Lipinski definition) is 3. The van der Waals surface area contributed by atoms with Crippen molar-refractivity contribution in [1.29, 1.82) is 0 Å². The molecule has 0 aliphatic heterocycles. The second-order valence-electron chi connectivity index (χ2n) is 4.88. The highest BCUT2D eigenvalue weighted by molar-refractivity contribution is 5.96. The summed E-state index contributed by atoms with van der Waals surface area (Å²) in [6, 6.07) is 9.83. The van der Waals surface area contributed by atoms with E-state index < -0.39 is 12.1 Å². The number of hydrogen-bond donors (Lipinski definition) is 3. The molecule has 1 atom stereocenters. The van der Waals surface area contributed by atoms with Crippen molar-refractivity contribution in [2.45, 2.75) is 19.5 Å². The van der Waals surface area contributed by atoms with Gasteiger partial charge in [0.05, 0.1) is 12.2 Å². The van der Waals surface area contributed by atoms with Crippen molar-refractivity contribution < 1.29 is 9.59 Å². The molecule has 1 aromatic heterocycles. The lowest BCUT2D eigenvalue weighted by atomic mass is 10.2. The largest absolute Gasteiger partial charge is 0.332 e. The lowest BCUT2D eigenvalue weighted by molar-refractivity contribution is -0.117. The molecule has 0 radical (unpaired) electrons. The van der Waals surface area contributed by atoms with Crippen molar-refractivity contribution in [3.63, 3.8) is 0 Å². The number of nitrogens with one attached hydrogen (secondary N) is 3. The number of nitrogens with zero attached hydrogens (tertiary/aromatic N) is 2. The topological polar surface area (TPSA) is 88.1 Å². The van der Waals surface area contributed by atoms with Gasteiger partial charge in [0.15, 0.2) is 0 Å². The maximum atomic E-state index is 12.0. The number of anilines is 1. The SMILES string of the molecule is CC(NC(=O)NCc1ccn(C)n1)C(=O)Nc1ccccc1. The Hall–Kier alpha value is -2.83. The standard InChI is InChI=1S/C15H19N5O2/c1-11(14(21)18-12-6-4-3-5-7-12)17-15(22)16-10-13-8-9-20(2)19-13/h3-9,11H,10H2,1-2H3,(H,18,21)(H2,16,17,22). The van der Waals surface area contributed by atoms with Crippen LogP contribution in [0.3, 0.4) is 0 Å². The van der Waals surface area contributed by atoms with E-state index in [9.17, 15) is 9.59 Å². The van der Waals surface area contributed by atoms with Crippen LogP contribution in [-0.4, -0.2) is 27.8 Å². The van der Waals surface area contributed by atoms with Crippen molar-refractivity contribution in [3.05, 3.63) is 48.3 Å². The Kier molecular flexibility index (Phi) is 5.13. The van der Waals surface area contributed by atoms with Crippen LogP contribution in [0, 0.1) is 0 Å². The summed E-state index contributed by atoms with van der Waals surface area (Å²) in [4.78, 5) is 23.7. The van der Waals surface area contributed by atoms with Gasteiger partial charge in [0, 0.05) is 18.9 Å². The molecule has 0 bridgehead atoms. The van der Waals surface area contributed by atoms with E-state index >= 15 is 0 Å². The number of amides is 3. The highest BCUT2D eigenvalue weighted by Crippen LogP contribution is 2.05. The van der Waals surface area contributed by atoms with E-state index in [1.54, 1.807) is 37.0 Å². The third-order valence-corrected chi connectivity index (χ3v) is 2.98. The van der Waals surface area contributed by atoms with Crippen LogP contribution in [0.1, 0.15) is 12.6 Å². The molecule has 1 heterocycles. The van der Waals surface area contributed by atoms with Gasteiger partial charge >= 0.3 is 6.03 Å². The highest BCUT2D eigenvalue weighted by atomic mass is 16.2. The molecule has 1 aromatic carbocycles. The summed E-state index contributed by atoms with van der Waals surface area (Å²) in [6.45, 7) is 1.93. The summed E-state index contributed by atoms with van der Waals surface area (Å²) >= 11 is 0. The minimum atomic E-state index is -0.649. The second-order valence-corrected chi connectivity index (χ2v) is 4.88. The van der Waals surface area contributed by atoms with Gasteiger partial charge in [-0.15, -0.1) is 0 Å². The first kappa shape index (κ1) is 15.6. The molecule has 0 saturated carbocycles. The Morgan fingerprint density at radius 2 is 1.95 bits per heavy atom. The summed E-state index contributed by atoms with van der Waals surface area (Å²) in [5, 5.41) is 12.1. The summed E-state index contributed by atoms with van der Waals surface area (Å²) in [5.41, 5.74) is 1.44. The quantitative estimate of drug-likeness (QED) is 0.776. The van der Waals surface area contributed by atoms with Gasteiger partial charge < -0.3 is 16.0 Å². The van der Waals surface area contributed by atoms with Gasteiger partial charge in [0.1, 0.15) is 6.04 Å². The molecule has 7 nitrogen and oxygen atoms in total. The number of urea groups is 1. The molecular weight excluding hydrogens is 282 g/mol. The van der Waals surface area contributed by atoms with Crippen LogP contribution < -0.4 is 16.0 Å². The molecule has 2 rings (SSSR count). The third-order valence-electron chi connectivity index (χ3n) is 2.98. The van der Waals surface area contributed by atoms with Gasteiger partial charge in [-0.25, -0.2) is 4.79 Å². The smallest absolute Gasteiger partial charge is 0.315 e. The highest BCUT2D eigenvalue weighted by Gasteiger charge is 2.15. The number of rotatable bonds is 5. The maximum Gasteiger partial charge on any atom is 0.315 e. The first-order valence-corrected chi connectivity index (χ1v) is 6.93. The number of carbonyl (C=O) groups excluding carboxylic acids is 2.